The van der Waals surface area contributed by atoms with Gasteiger partial charge in [0.05, 0.1) is 25.9 Å². The molecule has 4 rings (SSSR count). The molecule has 0 unspecified atom stereocenters. The van der Waals surface area contributed by atoms with E-state index in [0.29, 0.717) is 32.3 Å². The highest BCUT2D eigenvalue weighted by Crippen LogP contribution is 2.24. The molecule has 150 valence electrons. The SMILES string of the molecule is Cc1ccc(-c2ccc(-c3nc(OC[C@H]4COCCO4)cc(=O)n3C)cc2)cn1. The first-order chi connectivity index (χ1) is 14.1. The van der Waals surface area contributed by atoms with Gasteiger partial charge in [0.15, 0.2) is 0 Å². The summed E-state index contributed by atoms with van der Waals surface area (Å²) in [4.78, 5) is 21.3. The number of aryl methyl sites for hydroxylation is 1. The van der Waals surface area contributed by atoms with Gasteiger partial charge in [-0.1, -0.05) is 30.3 Å². The average molecular weight is 393 g/mol. The number of hydrogen-bond acceptors (Lipinski definition) is 6. The van der Waals surface area contributed by atoms with Crippen LogP contribution in [0.1, 0.15) is 5.69 Å². The summed E-state index contributed by atoms with van der Waals surface area (Å²) in [6.45, 7) is 3.87. The lowest BCUT2D eigenvalue weighted by Crippen LogP contribution is -2.33. The second-order valence-corrected chi connectivity index (χ2v) is 6.96. The van der Waals surface area contributed by atoms with E-state index < -0.39 is 0 Å². The quantitative estimate of drug-likeness (QED) is 0.663. The minimum atomic E-state index is -0.183. The predicted molar refractivity (Wildman–Crippen MR) is 109 cm³/mol. The topological polar surface area (TPSA) is 75.5 Å². The van der Waals surface area contributed by atoms with Crippen molar-refractivity contribution >= 4 is 0 Å². The minimum absolute atomic E-state index is 0.152. The van der Waals surface area contributed by atoms with Crippen LogP contribution in [0.2, 0.25) is 0 Å². The van der Waals surface area contributed by atoms with Crippen LogP contribution in [-0.2, 0) is 16.5 Å². The van der Waals surface area contributed by atoms with E-state index in [1.165, 1.54) is 10.6 Å². The van der Waals surface area contributed by atoms with E-state index in [1.807, 2.05) is 49.5 Å². The van der Waals surface area contributed by atoms with Crippen LogP contribution in [0, 0.1) is 6.92 Å². The van der Waals surface area contributed by atoms with Crippen LogP contribution in [0.5, 0.6) is 5.88 Å². The van der Waals surface area contributed by atoms with Crippen LogP contribution in [-0.4, -0.2) is 47.1 Å². The molecule has 7 nitrogen and oxygen atoms in total. The van der Waals surface area contributed by atoms with E-state index in [-0.39, 0.29) is 17.5 Å². The molecule has 1 saturated heterocycles. The molecule has 29 heavy (non-hydrogen) atoms. The number of rotatable bonds is 5. The molecule has 3 heterocycles. The molecule has 0 saturated carbocycles. The highest BCUT2D eigenvalue weighted by molar-refractivity contribution is 5.67. The molecule has 1 aliphatic heterocycles. The lowest BCUT2D eigenvalue weighted by Gasteiger charge is -2.22. The minimum Gasteiger partial charge on any atom is -0.475 e. The average Bonchev–Trinajstić information content (AvgIpc) is 2.76. The molecule has 1 fully saturated rings. The lowest BCUT2D eigenvalue weighted by molar-refractivity contribution is -0.102. The van der Waals surface area contributed by atoms with Crippen molar-refractivity contribution in [3.8, 4) is 28.4 Å². The standard InChI is InChI=1S/C22H23N3O4/c1-15-3-4-18(12-23-15)16-5-7-17(8-6-16)22-24-20(11-21(26)25(22)2)29-14-19-13-27-9-10-28-19/h3-8,11-12,19H,9-10,13-14H2,1-2H3/t19-/m1/s1. The van der Waals surface area contributed by atoms with Crippen molar-refractivity contribution in [2.75, 3.05) is 26.4 Å². The van der Waals surface area contributed by atoms with Gasteiger partial charge in [0.25, 0.3) is 5.56 Å². The third kappa shape index (κ3) is 4.52. The summed E-state index contributed by atoms with van der Waals surface area (Å²) in [5, 5.41) is 0. The van der Waals surface area contributed by atoms with Gasteiger partial charge in [-0.3, -0.25) is 14.3 Å². The van der Waals surface area contributed by atoms with E-state index >= 15 is 0 Å². The van der Waals surface area contributed by atoms with Crippen LogP contribution in [0.25, 0.3) is 22.5 Å². The van der Waals surface area contributed by atoms with E-state index in [9.17, 15) is 4.79 Å². The lowest BCUT2D eigenvalue weighted by atomic mass is 10.0. The summed E-state index contributed by atoms with van der Waals surface area (Å²) in [5.41, 5.74) is 3.71. The number of aromatic nitrogens is 3. The van der Waals surface area contributed by atoms with E-state index in [4.69, 9.17) is 14.2 Å². The van der Waals surface area contributed by atoms with Gasteiger partial charge in [-0.05, 0) is 18.6 Å². The molecule has 0 N–H and O–H groups in total. The Morgan fingerprint density at radius 2 is 1.86 bits per heavy atom. The largest absolute Gasteiger partial charge is 0.475 e. The second-order valence-electron chi connectivity index (χ2n) is 6.96. The molecule has 1 aromatic carbocycles. The Labute approximate surface area is 168 Å². The first-order valence-corrected chi connectivity index (χ1v) is 9.54. The van der Waals surface area contributed by atoms with Crippen LogP contribution in [0.3, 0.4) is 0 Å². The van der Waals surface area contributed by atoms with Gasteiger partial charge in [-0.25, -0.2) is 0 Å². The zero-order valence-corrected chi connectivity index (χ0v) is 16.5. The highest BCUT2D eigenvalue weighted by Gasteiger charge is 2.16. The van der Waals surface area contributed by atoms with Crippen molar-refractivity contribution < 1.29 is 14.2 Å². The maximum atomic E-state index is 12.4. The van der Waals surface area contributed by atoms with Crippen molar-refractivity contribution in [2.24, 2.45) is 7.05 Å². The second kappa shape index (κ2) is 8.55. The van der Waals surface area contributed by atoms with Crippen molar-refractivity contribution in [3.63, 3.8) is 0 Å². The van der Waals surface area contributed by atoms with Gasteiger partial charge >= 0.3 is 0 Å². The van der Waals surface area contributed by atoms with Gasteiger partial charge in [-0.15, -0.1) is 0 Å². The van der Waals surface area contributed by atoms with E-state index in [0.717, 1.165) is 22.4 Å². The zero-order valence-electron chi connectivity index (χ0n) is 16.5. The van der Waals surface area contributed by atoms with E-state index in [2.05, 4.69) is 9.97 Å². The smallest absolute Gasteiger partial charge is 0.257 e. The molecule has 0 radical (unpaired) electrons. The summed E-state index contributed by atoms with van der Waals surface area (Å²) >= 11 is 0. The van der Waals surface area contributed by atoms with Crippen LogP contribution < -0.4 is 10.3 Å². The summed E-state index contributed by atoms with van der Waals surface area (Å²) in [5.74, 6) is 0.825. The fourth-order valence-electron chi connectivity index (χ4n) is 3.11. The van der Waals surface area contributed by atoms with Crippen molar-refractivity contribution in [1.82, 2.24) is 14.5 Å². The Morgan fingerprint density at radius 3 is 2.55 bits per heavy atom. The third-order valence-corrected chi connectivity index (χ3v) is 4.80. The molecule has 1 atom stereocenters. The van der Waals surface area contributed by atoms with E-state index in [1.54, 1.807) is 7.05 Å². The van der Waals surface area contributed by atoms with Crippen molar-refractivity contribution in [1.29, 1.82) is 0 Å². The highest BCUT2D eigenvalue weighted by atomic mass is 16.6. The molecular weight excluding hydrogens is 370 g/mol. The Hall–Kier alpha value is -3.03. The monoisotopic (exact) mass is 393 g/mol. The summed E-state index contributed by atoms with van der Waals surface area (Å²) in [6, 6.07) is 13.3. The Bertz CT molecular complexity index is 1020. The summed E-state index contributed by atoms with van der Waals surface area (Å²) in [7, 11) is 1.70. The molecule has 2 aromatic heterocycles. The number of nitrogens with zero attached hydrogens (tertiary/aromatic N) is 3. The summed E-state index contributed by atoms with van der Waals surface area (Å²) in [6.07, 6.45) is 1.70. The van der Waals surface area contributed by atoms with Crippen LogP contribution in [0.15, 0.2) is 53.5 Å². The number of ether oxygens (including phenoxy) is 3. The molecule has 1 aliphatic rings. The van der Waals surface area contributed by atoms with Gasteiger partial charge in [0.1, 0.15) is 18.5 Å². The van der Waals surface area contributed by atoms with Crippen molar-refractivity contribution in [2.45, 2.75) is 13.0 Å². The van der Waals surface area contributed by atoms with Crippen LogP contribution in [0.4, 0.5) is 0 Å². The number of benzene rings is 1. The van der Waals surface area contributed by atoms with Crippen LogP contribution >= 0.6 is 0 Å². The van der Waals surface area contributed by atoms with Gasteiger partial charge in [0.2, 0.25) is 5.88 Å². The summed E-state index contributed by atoms with van der Waals surface area (Å²) < 4.78 is 18.1. The first kappa shape index (κ1) is 19.3. The predicted octanol–water partition coefficient (Wildman–Crippen LogP) is 2.61. The van der Waals surface area contributed by atoms with Gasteiger partial charge in [-0.2, -0.15) is 4.98 Å². The Kier molecular flexibility index (Phi) is 5.69. The Balaban J connectivity index is 1.56. The molecule has 0 bridgehead atoms. The normalized spacial score (nSPS) is 16.6. The number of pyridine rings is 1. The first-order valence-electron chi connectivity index (χ1n) is 9.54. The maximum absolute atomic E-state index is 12.4. The molecule has 0 aliphatic carbocycles. The zero-order chi connectivity index (χ0) is 20.2. The fraction of sp³-hybridized carbons (Fsp3) is 0.318. The number of hydrogen-bond donors (Lipinski definition) is 0. The van der Waals surface area contributed by atoms with Gasteiger partial charge in [0, 0.05) is 30.1 Å². The molecule has 3 aromatic rings. The maximum Gasteiger partial charge on any atom is 0.257 e. The Morgan fingerprint density at radius 1 is 1.10 bits per heavy atom. The molecular formula is C22H23N3O4. The van der Waals surface area contributed by atoms with Crippen molar-refractivity contribution in [3.05, 3.63) is 64.7 Å². The molecule has 0 spiro atoms. The third-order valence-electron chi connectivity index (χ3n) is 4.80. The molecule has 7 heteroatoms. The molecule has 0 amide bonds. The van der Waals surface area contributed by atoms with Gasteiger partial charge < -0.3 is 14.2 Å². The fourth-order valence-corrected chi connectivity index (χ4v) is 3.11.